The van der Waals surface area contributed by atoms with E-state index in [0.29, 0.717) is 24.2 Å². The van der Waals surface area contributed by atoms with Gasteiger partial charge in [0.2, 0.25) is 5.79 Å². The van der Waals surface area contributed by atoms with Crippen molar-refractivity contribution in [3.8, 4) is 5.75 Å². The molecule has 8 heteroatoms. The van der Waals surface area contributed by atoms with E-state index < -0.39 is 24.4 Å². The molecule has 0 unspecified atom stereocenters. The quantitative estimate of drug-likeness (QED) is 0.300. The molecule has 0 aromatic heterocycles. The normalized spacial score (nSPS) is 16.1. The maximum atomic E-state index is 14.2. The van der Waals surface area contributed by atoms with Gasteiger partial charge in [0.1, 0.15) is 12.4 Å². The van der Waals surface area contributed by atoms with E-state index in [4.69, 9.17) is 14.2 Å². The number of benzene rings is 2. The van der Waals surface area contributed by atoms with E-state index in [2.05, 4.69) is 21.2 Å². The number of ether oxygens (including phenoxy) is 3. The summed E-state index contributed by atoms with van der Waals surface area (Å²) in [5.41, 5.74) is 1.72. The highest BCUT2D eigenvalue weighted by Gasteiger charge is 2.32. The fourth-order valence-corrected chi connectivity index (χ4v) is 4.13. The largest absolute Gasteiger partial charge is 0.463 e. The van der Waals surface area contributed by atoms with Gasteiger partial charge in [-0.2, -0.15) is 8.78 Å². The maximum Gasteiger partial charge on any atom is 0.296 e. The first-order valence-electron chi connectivity index (χ1n) is 11.7. The van der Waals surface area contributed by atoms with E-state index in [0.717, 1.165) is 49.1 Å². The molecule has 2 N–H and O–H groups in total. The Kier molecular flexibility index (Phi) is 9.85. The van der Waals surface area contributed by atoms with Crippen molar-refractivity contribution in [2.24, 2.45) is 0 Å². The van der Waals surface area contributed by atoms with E-state index in [-0.39, 0.29) is 5.56 Å². The van der Waals surface area contributed by atoms with Crippen LogP contribution in [-0.4, -0.2) is 37.2 Å². The van der Waals surface area contributed by atoms with Crippen LogP contribution >= 0.6 is 15.9 Å². The van der Waals surface area contributed by atoms with Crippen molar-refractivity contribution in [1.82, 2.24) is 5.32 Å². The molecule has 1 atom stereocenters. The number of rotatable bonds is 13. The zero-order valence-corrected chi connectivity index (χ0v) is 21.4. The van der Waals surface area contributed by atoms with Crippen LogP contribution in [0.1, 0.15) is 62.3 Å². The Balaban J connectivity index is 1.24. The Morgan fingerprint density at radius 1 is 1.15 bits per heavy atom. The summed E-state index contributed by atoms with van der Waals surface area (Å²) in [4.78, 5) is 0. The molecule has 1 aliphatic rings. The zero-order chi connectivity index (χ0) is 24.6. The van der Waals surface area contributed by atoms with Gasteiger partial charge in [-0.15, -0.1) is 0 Å². The second kappa shape index (κ2) is 12.4. The minimum Gasteiger partial charge on any atom is -0.463 e. The Morgan fingerprint density at radius 2 is 1.94 bits per heavy atom. The number of hydrogen-bond acceptors (Lipinski definition) is 5. The van der Waals surface area contributed by atoms with Crippen molar-refractivity contribution in [3.05, 3.63) is 63.6 Å². The summed E-state index contributed by atoms with van der Waals surface area (Å²) >= 11 is 3.22. The molecule has 3 rings (SSSR count). The molecule has 0 spiro atoms. The first-order chi connectivity index (χ1) is 16.2. The Bertz CT molecular complexity index is 925. The molecule has 5 nitrogen and oxygen atoms in total. The van der Waals surface area contributed by atoms with Crippen molar-refractivity contribution in [1.29, 1.82) is 0 Å². The van der Waals surface area contributed by atoms with Crippen LogP contribution in [0.3, 0.4) is 0 Å². The number of aliphatic hydroxyl groups is 1. The number of nitrogens with one attached hydrogen (secondary N) is 1. The van der Waals surface area contributed by atoms with Gasteiger partial charge in [-0.25, -0.2) is 0 Å². The number of fused-ring (bicyclic) bond motifs is 1. The number of alkyl halides is 2. The molecule has 0 bridgehead atoms. The van der Waals surface area contributed by atoms with Crippen LogP contribution in [0, 0.1) is 0 Å². The number of aliphatic hydroxyl groups excluding tert-OH is 1. The number of unbranched alkanes of at least 4 members (excludes halogenated alkanes) is 3. The molecular weight excluding hydrogens is 508 g/mol. The Morgan fingerprint density at radius 3 is 2.74 bits per heavy atom. The summed E-state index contributed by atoms with van der Waals surface area (Å²) in [7, 11) is 0. The minimum atomic E-state index is -3.00. The molecule has 34 heavy (non-hydrogen) atoms. The lowest BCUT2D eigenvalue weighted by atomic mass is 10.0. The van der Waals surface area contributed by atoms with E-state index in [9.17, 15) is 13.9 Å². The van der Waals surface area contributed by atoms with Crippen LogP contribution in [0.5, 0.6) is 5.75 Å². The van der Waals surface area contributed by atoms with E-state index >= 15 is 0 Å². The third kappa shape index (κ3) is 8.27. The summed E-state index contributed by atoms with van der Waals surface area (Å²) in [6, 6.07) is 11.8. The lowest BCUT2D eigenvalue weighted by Gasteiger charge is -2.33. The third-order valence-corrected chi connectivity index (χ3v) is 6.15. The smallest absolute Gasteiger partial charge is 0.296 e. The predicted molar refractivity (Wildman–Crippen MR) is 131 cm³/mol. The summed E-state index contributed by atoms with van der Waals surface area (Å²) in [5.74, 6) is -2.84. The highest BCUT2D eigenvalue weighted by atomic mass is 79.9. The SMILES string of the molecule is CC1(C)OCc2cc([C@H](O)CNCCCCCCOCC(F)(F)c3cccc(Br)c3)ccc2O1. The van der Waals surface area contributed by atoms with Gasteiger partial charge in [0, 0.05) is 42.6 Å². The average Bonchev–Trinajstić information content (AvgIpc) is 2.79. The van der Waals surface area contributed by atoms with Gasteiger partial charge < -0.3 is 24.6 Å². The maximum absolute atomic E-state index is 14.2. The molecule has 2 aromatic carbocycles. The second-order valence-electron chi connectivity index (χ2n) is 9.06. The van der Waals surface area contributed by atoms with Gasteiger partial charge >= 0.3 is 0 Å². The van der Waals surface area contributed by atoms with E-state index in [1.165, 1.54) is 12.1 Å². The minimum absolute atomic E-state index is 0.0452. The van der Waals surface area contributed by atoms with Crippen LogP contribution in [0.15, 0.2) is 46.9 Å². The number of halogens is 3. The van der Waals surface area contributed by atoms with Gasteiger partial charge in [-0.1, -0.05) is 47.0 Å². The van der Waals surface area contributed by atoms with E-state index in [1.807, 2.05) is 32.0 Å². The van der Waals surface area contributed by atoms with Crippen LogP contribution in [0.2, 0.25) is 0 Å². The monoisotopic (exact) mass is 541 g/mol. The summed E-state index contributed by atoms with van der Waals surface area (Å²) in [6.07, 6.45) is 2.96. The van der Waals surface area contributed by atoms with Crippen LogP contribution in [0.4, 0.5) is 8.78 Å². The Hall–Kier alpha value is -1.58. The topological polar surface area (TPSA) is 60.0 Å². The lowest BCUT2D eigenvalue weighted by molar-refractivity contribution is -0.180. The van der Waals surface area contributed by atoms with Gasteiger partial charge in [0.25, 0.3) is 5.92 Å². The highest BCUT2D eigenvalue weighted by molar-refractivity contribution is 9.10. The molecule has 188 valence electrons. The third-order valence-electron chi connectivity index (χ3n) is 5.66. The number of hydrogen-bond donors (Lipinski definition) is 2. The fourth-order valence-electron chi connectivity index (χ4n) is 3.73. The van der Waals surface area contributed by atoms with Crippen LogP contribution in [0.25, 0.3) is 0 Å². The summed E-state index contributed by atoms with van der Waals surface area (Å²) in [5, 5.41) is 13.7. The first kappa shape index (κ1) is 27.0. The molecule has 0 saturated heterocycles. The first-order valence-corrected chi connectivity index (χ1v) is 12.5. The van der Waals surface area contributed by atoms with Gasteiger partial charge in [-0.3, -0.25) is 0 Å². The van der Waals surface area contributed by atoms with Crippen LogP contribution in [-0.2, 0) is 22.0 Å². The molecule has 0 fully saturated rings. The molecular formula is C26H34BrF2NO4. The molecule has 2 aromatic rings. The highest BCUT2D eigenvalue weighted by Crippen LogP contribution is 2.33. The van der Waals surface area contributed by atoms with Crippen molar-refractivity contribution in [2.75, 3.05) is 26.3 Å². The van der Waals surface area contributed by atoms with Gasteiger partial charge in [0.05, 0.1) is 12.7 Å². The van der Waals surface area contributed by atoms with Crippen molar-refractivity contribution in [3.63, 3.8) is 0 Å². The average molecular weight is 542 g/mol. The van der Waals surface area contributed by atoms with Crippen molar-refractivity contribution >= 4 is 15.9 Å². The fraction of sp³-hybridized carbons (Fsp3) is 0.538. The van der Waals surface area contributed by atoms with Gasteiger partial charge in [-0.05, 0) is 49.2 Å². The second-order valence-corrected chi connectivity index (χ2v) is 9.97. The molecule has 0 radical (unpaired) electrons. The van der Waals surface area contributed by atoms with Crippen molar-refractivity contribution in [2.45, 2.75) is 64.0 Å². The lowest BCUT2D eigenvalue weighted by Crippen LogP contribution is -2.35. The standard InChI is InChI=1S/C26H34BrF2NO4/c1-25(2)33-17-20-14-19(10-11-24(20)34-25)23(31)16-30-12-5-3-4-6-13-32-18-26(28,29)21-8-7-9-22(27)15-21/h7-11,14-15,23,30-31H,3-6,12-13,16-18H2,1-2H3/t23-/m1/s1. The molecule has 0 amide bonds. The molecule has 1 aliphatic heterocycles. The van der Waals surface area contributed by atoms with Crippen LogP contribution < -0.4 is 10.1 Å². The summed E-state index contributed by atoms with van der Waals surface area (Å²) < 4.78 is 45.6. The Labute approximate surface area is 208 Å². The zero-order valence-electron chi connectivity index (χ0n) is 19.8. The molecule has 1 heterocycles. The van der Waals surface area contributed by atoms with Gasteiger partial charge in [0.15, 0.2) is 0 Å². The predicted octanol–water partition coefficient (Wildman–Crippen LogP) is 6.09. The van der Waals surface area contributed by atoms with E-state index in [1.54, 1.807) is 12.1 Å². The summed E-state index contributed by atoms with van der Waals surface area (Å²) in [6.45, 7) is 5.16. The molecule has 0 saturated carbocycles. The van der Waals surface area contributed by atoms with Crippen molar-refractivity contribution < 1.29 is 28.1 Å². The molecule has 0 aliphatic carbocycles.